The molecule has 32 heavy (non-hydrogen) atoms. The van der Waals surface area contributed by atoms with Gasteiger partial charge in [0.25, 0.3) is 0 Å². The van der Waals surface area contributed by atoms with Crippen molar-refractivity contribution >= 4 is 29.9 Å². The summed E-state index contributed by atoms with van der Waals surface area (Å²) in [4.78, 5) is 12.2. The second-order valence-electron chi connectivity index (χ2n) is 9.40. The molecule has 3 heterocycles. The molecule has 0 radical (unpaired) electrons. The first-order valence-corrected chi connectivity index (χ1v) is 12.3. The molecule has 3 aliphatic heterocycles. The van der Waals surface area contributed by atoms with Crippen molar-refractivity contribution in [2.75, 3.05) is 52.9 Å². The van der Waals surface area contributed by atoms with Crippen LogP contribution in [0.4, 0.5) is 0 Å². The van der Waals surface area contributed by atoms with Gasteiger partial charge in [-0.15, -0.1) is 24.0 Å². The summed E-state index contributed by atoms with van der Waals surface area (Å²) in [5.41, 5.74) is 1.38. The quantitative estimate of drug-likeness (QED) is 0.242. The third-order valence-corrected chi connectivity index (χ3v) is 7.25. The van der Waals surface area contributed by atoms with Gasteiger partial charge >= 0.3 is 0 Å². The normalized spacial score (nSPS) is 27.1. The van der Waals surface area contributed by atoms with Crippen LogP contribution in [0.3, 0.4) is 0 Å². The van der Waals surface area contributed by atoms with Gasteiger partial charge < -0.3 is 19.9 Å². The van der Waals surface area contributed by atoms with Gasteiger partial charge in [0.2, 0.25) is 0 Å². The molecule has 1 aromatic carbocycles. The number of ether oxygens (including phenoxy) is 1. The van der Waals surface area contributed by atoms with Crippen LogP contribution in [0.25, 0.3) is 0 Å². The zero-order valence-corrected chi connectivity index (χ0v) is 22.2. The molecule has 180 valence electrons. The zero-order valence-electron chi connectivity index (χ0n) is 19.9. The van der Waals surface area contributed by atoms with E-state index < -0.39 is 0 Å². The number of likely N-dealkylation sites (tertiary alicyclic amines) is 2. The number of morpholine rings is 1. The van der Waals surface area contributed by atoms with Crippen LogP contribution < -0.4 is 5.32 Å². The Labute approximate surface area is 211 Å². The third-order valence-electron chi connectivity index (χ3n) is 7.25. The van der Waals surface area contributed by atoms with Crippen LogP contribution in [0.15, 0.2) is 35.3 Å². The van der Waals surface area contributed by atoms with Gasteiger partial charge in [-0.25, -0.2) is 0 Å². The van der Waals surface area contributed by atoms with E-state index >= 15 is 0 Å². The minimum atomic E-state index is 0. The SMILES string of the molecule is CN=C(NCCCCN1CCCCC1C)N1CC2OCCN(Cc3ccccc3)C2C1.I. The second kappa shape index (κ2) is 13.1. The Morgan fingerprint density at radius 3 is 2.72 bits per heavy atom. The molecule has 7 heteroatoms. The highest BCUT2D eigenvalue weighted by molar-refractivity contribution is 14.0. The van der Waals surface area contributed by atoms with Gasteiger partial charge in [0, 0.05) is 45.8 Å². The molecule has 3 aliphatic rings. The lowest BCUT2D eigenvalue weighted by molar-refractivity contribution is -0.0502. The maximum absolute atomic E-state index is 6.14. The molecule has 3 fully saturated rings. The summed E-state index contributed by atoms with van der Waals surface area (Å²) in [5, 5.41) is 3.62. The van der Waals surface area contributed by atoms with Gasteiger partial charge in [0.15, 0.2) is 5.96 Å². The number of nitrogens with zero attached hydrogens (tertiary/aromatic N) is 4. The van der Waals surface area contributed by atoms with E-state index in [1.54, 1.807) is 0 Å². The van der Waals surface area contributed by atoms with Gasteiger partial charge in [0.1, 0.15) is 0 Å². The molecule has 1 aromatic rings. The molecule has 6 nitrogen and oxygen atoms in total. The minimum absolute atomic E-state index is 0. The summed E-state index contributed by atoms with van der Waals surface area (Å²) in [6.07, 6.45) is 6.87. The molecule has 4 rings (SSSR count). The average Bonchev–Trinajstić information content (AvgIpc) is 3.23. The smallest absolute Gasteiger partial charge is 0.193 e. The van der Waals surface area contributed by atoms with Crippen LogP contribution in [-0.4, -0.2) is 91.8 Å². The monoisotopic (exact) mass is 555 g/mol. The maximum atomic E-state index is 6.14. The predicted octanol–water partition coefficient (Wildman–Crippen LogP) is 3.42. The Morgan fingerprint density at radius 1 is 1.09 bits per heavy atom. The summed E-state index contributed by atoms with van der Waals surface area (Å²) in [7, 11) is 1.91. The minimum Gasteiger partial charge on any atom is -0.373 e. The molecule has 0 aliphatic carbocycles. The van der Waals surface area contributed by atoms with Crippen molar-refractivity contribution in [2.24, 2.45) is 4.99 Å². The van der Waals surface area contributed by atoms with Crippen molar-refractivity contribution in [1.82, 2.24) is 20.0 Å². The molecule has 3 saturated heterocycles. The number of hydrogen-bond donors (Lipinski definition) is 1. The van der Waals surface area contributed by atoms with Crippen LogP contribution in [0, 0.1) is 0 Å². The van der Waals surface area contributed by atoms with Gasteiger partial charge in [-0.05, 0) is 51.3 Å². The zero-order chi connectivity index (χ0) is 21.5. The Bertz CT molecular complexity index is 703. The molecule has 1 N–H and O–H groups in total. The van der Waals surface area contributed by atoms with Gasteiger partial charge in [0.05, 0.1) is 18.8 Å². The van der Waals surface area contributed by atoms with E-state index in [2.05, 4.69) is 62.3 Å². The first-order valence-electron chi connectivity index (χ1n) is 12.3. The Morgan fingerprint density at radius 2 is 1.94 bits per heavy atom. The standard InChI is InChI=1S/C25H41N5O.HI/c1-21-10-6-8-14-28(21)15-9-7-13-27-25(26-2)30-19-23-24(20-30)31-17-16-29(23)18-22-11-4-3-5-12-22;/h3-5,11-12,21,23-24H,6-10,13-20H2,1-2H3,(H,26,27);1H. The van der Waals surface area contributed by atoms with E-state index in [0.29, 0.717) is 6.04 Å². The van der Waals surface area contributed by atoms with Crippen molar-refractivity contribution in [3.8, 4) is 0 Å². The van der Waals surface area contributed by atoms with Crippen molar-refractivity contribution in [3.63, 3.8) is 0 Å². The van der Waals surface area contributed by atoms with Crippen LogP contribution in [-0.2, 0) is 11.3 Å². The molecule has 0 spiro atoms. The van der Waals surface area contributed by atoms with E-state index in [4.69, 9.17) is 4.74 Å². The lowest BCUT2D eigenvalue weighted by Gasteiger charge is -2.36. The largest absolute Gasteiger partial charge is 0.373 e. The van der Waals surface area contributed by atoms with Crippen molar-refractivity contribution in [2.45, 2.75) is 63.8 Å². The molecule has 3 unspecified atom stereocenters. The number of fused-ring (bicyclic) bond motifs is 1. The molecule has 0 saturated carbocycles. The first-order chi connectivity index (χ1) is 15.2. The average molecular weight is 556 g/mol. The molecule has 0 bridgehead atoms. The lowest BCUT2D eigenvalue weighted by Crippen LogP contribution is -2.50. The highest BCUT2D eigenvalue weighted by Gasteiger charge is 2.41. The highest BCUT2D eigenvalue weighted by Crippen LogP contribution is 2.24. The van der Waals surface area contributed by atoms with Gasteiger partial charge in [-0.1, -0.05) is 36.8 Å². The first kappa shape index (κ1) is 25.7. The highest BCUT2D eigenvalue weighted by atomic mass is 127. The number of aliphatic imine (C=N–C) groups is 1. The van der Waals surface area contributed by atoms with E-state index in [1.807, 2.05) is 7.05 Å². The molecule has 0 aromatic heterocycles. The third kappa shape index (κ3) is 6.81. The van der Waals surface area contributed by atoms with Crippen LogP contribution in [0.5, 0.6) is 0 Å². The molecule has 0 amide bonds. The van der Waals surface area contributed by atoms with Crippen molar-refractivity contribution < 1.29 is 4.74 Å². The number of unbranched alkanes of at least 4 members (excludes halogenated alkanes) is 1. The summed E-state index contributed by atoms with van der Waals surface area (Å²) in [6, 6.07) is 12.0. The fourth-order valence-corrected chi connectivity index (χ4v) is 5.41. The number of guanidine groups is 1. The summed E-state index contributed by atoms with van der Waals surface area (Å²) >= 11 is 0. The van der Waals surface area contributed by atoms with E-state index in [1.165, 1.54) is 50.8 Å². The van der Waals surface area contributed by atoms with Gasteiger partial charge in [-0.3, -0.25) is 9.89 Å². The number of benzene rings is 1. The van der Waals surface area contributed by atoms with Crippen molar-refractivity contribution in [1.29, 1.82) is 0 Å². The number of piperidine rings is 1. The van der Waals surface area contributed by atoms with Crippen LogP contribution in [0.2, 0.25) is 0 Å². The van der Waals surface area contributed by atoms with E-state index in [9.17, 15) is 0 Å². The van der Waals surface area contributed by atoms with E-state index in [-0.39, 0.29) is 30.1 Å². The number of rotatable bonds is 7. The number of nitrogens with one attached hydrogen (secondary N) is 1. The van der Waals surface area contributed by atoms with Crippen LogP contribution >= 0.6 is 24.0 Å². The molecule has 3 atom stereocenters. The van der Waals surface area contributed by atoms with Crippen molar-refractivity contribution in [3.05, 3.63) is 35.9 Å². The molecular formula is C25H42IN5O. The summed E-state index contributed by atoms with van der Waals surface area (Å²) < 4.78 is 6.14. The van der Waals surface area contributed by atoms with Gasteiger partial charge in [-0.2, -0.15) is 0 Å². The predicted molar refractivity (Wildman–Crippen MR) is 143 cm³/mol. The molecular weight excluding hydrogens is 513 g/mol. The Balaban J connectivity index is 0.00000289. The Hall–Kier alpha value is -0.900. The summed E-state index contributed by atoms with van der Waals surface area (Å²) in [6.45, 7) is 10.6. The topological polar surface area (TPSA) is 43.3 Å². The lowest BCUT2D eigenvalue weighted by atomic mass is 10.0. The second-order valence-corrected chi connectivity index (χ2v) is 9.40. The fraction of sp³-hybridized carbons (Fsp3) is 0.720. The Kier molecular flexibility index (Phi) is 10.5. The number of halogens is 1. The van der Waals surface area contributed by atoms with E-state index in [0.717, 1.165) is 51.3 Å². The summed E-state index contributed by atoms with van der Waals surface area (Å²) in [5.74, 6) is 1.03. The fourth-order valence-electron chi connectivity index (χ4n) is 5.41. The maximum Gasteiger partial charge on any atom is 0.193 e. The number of hydrogen-bond acceptors (Lipinski definition) is 4. The van der Waals surface area contributed by atoms with Crippen LogP contribution in [0.1, 0.15) is 44.6 Å².